The molecule has 0 unspecified atom stereocenters. The van der Waals surface area contributed by atoms with Crippen LogP contribution in [-0.2, 0) is 10.0 Å². The first-order chi connectivity index (χ1) is 7.97. The minimum Gasteiger partial charge on any atom is -0.315 e. The first kappa shape index (κ1) is 17.4. The number of nitrogens with one attached hydrogen (secondary N) is 2. The van der Waals surface area contributed by atoms with Crippen molar-refractivity contribution in [2.45, 2.75) is 46.1 Å². The predicted molar refractivity (Wildman–Crippen MR) is 73.6 cm³/mol. The van der Waals surface area contributed by atoms with Gasteiger partial charge in [-0.15, -0.1) is 0 Å². The van der Waals surface area contributed by atoms with Crippen molar-refractivity contribution in [3.8, 4) is 6.07 Å². The van der Waals surface area contributed by atoms with E-state index in [1.807, 2.05) is 27.7 Å². The van der Waals surface area contributed by atoms with E-state index in [1.165, 1.54) is 0 Å². The Bertz CT molecular complexity index is 394. The van der Waals surface area contributed by atoms with Gasteiger partial charge in [0.2, 0.25) is 10.0 Å². The van der Waals surface area contributed by atoms with Crippen molar-refractivity contribution < 1.29 is 8.42 Å². The number of hydrogen-bond donors (Lipinski definition) is 2. The predicted octanol–water partition coefficient (Wildman–Crippen LogP) is 1.23. The molecule has 0 aliphatic rings. The van der Waals surface area contributed by atoms with Crippen LogP contribution in [0.5, 0.6) is 0 Å². The summed E-state index contributed by atoms with van der Waals surface area (Å²) in [6.45, 7) is 8.85. The SMILES string of the molecule is CC(C)(C#N)CCCNCC(C)(C)NS(C)(=O)=O. The molecule has 0 heterocycles. The Balaban J connectivity index is 3.89. The Labute approximate surface area is 111 Å². The Kier molecular flexibility index (Phi) is 6.27. The quantitative estimate of drug-likeness (QED) is 0.653. The van der Waals surface area contributed by atoms with E-state index in [9.17, 15) is 8.42 Å². The van der Waals surface area contributed by atoms with E-state index < -0.39 is 15.6 Å². The third kappa shape index (κ3) is 9.40. The third-order valence-electron chi connectivity index (χ3n) is 2.49. The number of rotatable bonds is 8. The highest BCUT2D eigenvalue weighted by molar-refractivity contribution is 7.88. The number of nitrogens with zero attached hydrogens (tertiary/aromatic N) is 1. The van der Waals surface area contributed by atoms with Crippen molar-refractivity contribution in [1.82, 2.24) is 10.0 Å². The molecule has 18 heavy (non-hydrogen) atoms. The molecule has 0 rings (SSSR count). The lowest BCUT2D eigenvalue weighted by molar-refractivity contribution is 0.394. The van der Waals surface area contributed by atoms with Crippen molar-refractivity contribution in [2.75, 3.05) is 19.3 Å². The summed E-state index contributed by atoms with van der Waals surface area (Å²) in [4.78, 5) is 0. The van der Waals surface area contributed by atoms with Crippen LogP contribution < -0.4 is 10.0 Å². The molecule has 2 N–H and O–H groups in total. The molecule has 6 heteroatoms. The summed E-state index contributed by atoms with van der Waals surface area (Å²) < 4.78 is 24.8. The Hall–Kier alpha value is -0.640. The molecule has 0 atom stereocenters. The summed E-state index contributed by atoms with van der Waals surface area (Å²) in [6, 6.07) is 2.26. The first-order valence-electron chi connectivity index (χ1n) is 6.08. The van der Waals surface area contributed by atoms with Crippen molar-refractivity contribution in [1.29, 1.82) is 5.26 Å². The molecule has 0 aromatic heterocycles. The summed E-state index contributed by atoms with van der Waals surface area (Å²) in [7, 11) is -3.18. The molecule has 0 bridgehead atoms. The number of nitriles is 1. The molecule has 0 aliphatic carbocycles. The molecule has 0 saturated heterocycles. The van der Waals surface area contributed by atoms with Gasteiger partial charge in [-0.1, -0.05) is 0 Å². The van der Waals surface area contributed by atoms with Crippen molar-refractivity contribution in [3.63, 3.8) is 0 Å². The van der Waals surface area contributed by atoms with Crippen LogP contribution in [0.3, 0.4) is 0 Å². The maximum absolute atomic E-state index is 11.1. The van der Waals surface area contributed by atoms with Gasteiger partial charge in [0, 0.05) is 12.1 Å². The average molecular weight is 275 g/mol. The van der Waals surface area contributed by atoms with Crippen LogP contribution in [0, 0.1) is 16.7 Å². The number of hydrogen-bond acceptors (Lipinski definition) is 4. The van der Waals surface area contributed by atoms with Gasteiger partial charge in [0.15, 0.2) is 0 Å². The van der Waals surface area contributed by atoms with Gasteiger partial charge >= 0.3 is 0 Å². The highest BCUT2D eigenvalue weighted by Crippen LogP contribution is 2.19. The number of sulfonamides is 1. The lowest BCUT2D eigenvalue weighted by Gasteiger charge is -2.25. The monoisotopic (exact) mass is 275 g/mol. The maximum Gasteiger partial charge on any atom is 0.209 e. The van der Waals surface area contributed by atoms with E-state index in [-0.39, 0.29) is 5.41 Å². The zero-order valence-electron chi connectivity index (χ0n) is 12.0. The molecule has 0 aromatic carbocycles. The van der Waals surface area contributed by atoms with E-state index in [1.54, 1.807) is 0 Å². The van der Waals surface area contributed by atoms with Gasteiger partial charge in [-0.2, -0.15) is 5.26 Å². The first-order valence-corrected chi connectivity index (χ1v) is 7.97. The second-order valence-corrected chi connectivity index (χ2v) is 7.78. The Morgan fingerprint density at radius 1 is 1.22 bits per heavy atom. The molecule has 0 radical (unpaired) electrons. The zero-order chi connectivity index (χ0) is 14.4. The van der Waals surface area contributed by atoms with Crippen LogP contribution in [0.15, 0.2) is 0 Å². The van der Waals surface area contributed by atoms with Gasteiger partial charge in [-0.05, 0) is 47.1 Å². The minimum atomic E-state index is -3.18. The molecule has 0 aliphatic heterocycles. The normalized spacial score (nSPS) is 13.3. The molecule has 0 saturated carbocycles. The van der Waals surface area contributed by atoms with Crippen LogP contribution in [-0.4, -0.2) is 33.3 Å². The molecule has 0 spiro atoms. The minimum absolute atomic E-state index is 0.289. The van der Waals surface area contributed by atoms with Crippen molar-refractivity contribution >= 4 is 10.0 Å². The lowest BCUT2D eigenvalue weighted by Crippen LogP contribution is -2.50. The van der Waals surface area contributed by atoms with Crippen molar-refractivity contribution in [2.24, 2.45) is 5.41 Å². The summed E-state index contributed by atoms with van der Waals surface area (Å²) >= 11 is 0. The van der Waals surface area contributed by atoms with Gasteiger partial charge in [-0.3, -0.25) is 0 Å². The summed E-state index contributed by atoms with van der Waals surface area (Å²) in [5, 5.41) is 12.1. The van der Waals surface area contributed by atoms with E-state index in [0.717, 1.165) is 25.6 Å². The zero-order valence-corrected chi connectivity index (χ0v) is 12.8. The van der Waals surface area contributed by atoms with Gasteiger partial charge < -0.3 is 5.32 Å². The second-order valence-electron chi connectivity index (χ2n) is 6.03. The van der Waals surface area contributed by atoms with Gasteiger partial charge in [-0.25, -0.2) is 13.1 Å². The van der Waals surface area contributed by atoms with Gasteiger partial charge in [0.05, 0.1) is 17.7 Å². The highest BCUT2D eigenvalue weighted by Gasteiger charge is 2.21. The van der Waals surface area contributed by atoms with E-state index >= 15 is 0 Å². The largest absolute Gasteiger partial charge is 0.315 e. The van der Waals surface area contributed by atoms with Crippen LogP contribution in [0.2, 0.25) is 0 Å². The van der Waals surface area contributed by atoms with E-state index in [0.29, 0.717) is 6.54 Å². The molecule has 106 valence electrons. The fraction of sp³-hybridized carbons (Fsp3) is 0.917. The van der Waals surface area contributed by atoms with Crippen LogP contribution >= 0.6 is 0 Å². The van der Waals surface area contributed by atoms with Gasteiger partial charge in [0.1, 0.15) is 0 Å². The molecule has 0 amide bonds. The lowest BCUT2D eigenvalue weighted by atomic mass is 9.90. The fourth-order valence-corrected chi connectivity index (χ4v) is 2.73. The molecule has 5 nitrogen and oxygen atoms in total. The van der Waals surface area contributed by atoms with Crippen LogP contribution in [0.1, 0.15) is 40.5 Å². The molecular weight excluding hydrogens is 250 g/mol. The summed E-state index contributed by atoms with van der Waals surface area (Å²) in [6.07, 6.45) is 2.89. The van der Waals surface area contributed by atoms with E-state index in [2.05, 4.69) is 16.1 Å². The van der Waals surface area contributed by atoms with Gasteiger partial charge in [0.25, 0.3) is 0 Å². The second kappa shape index (κ2) is 6.50. The molecule has 0 aromatic rings. The standard InChI is InChI=1S/C12H25N3O2S/c1-11(2,9-13)7-6-8-14-10-12(3,4)15-18(5,16)17/h14-15H,6-8,10H2,1-5H3. The summed E-state index contributed by atoms with van der Waals surface area (Å²) in [5.41, 5.74) is -0.791. The smallest absolute Gasteiger partial charge is 0.209 e. The highest BCUT2D eigenvalue weighted by atomic mass is 32.2. The topological polar surface area (TPSA) is 82.0 Å². The van der Waals surface area contributed by atoms with Crippen LogP contribution in [0.25, 0.3) is 0 Å². The van der Waals surface area contributed by atoms with Crippen LogP contribution in [0.4, 0.5) is 0 Å². The third-order valence-corrected chi connectivity index (χ3v) is 3.41. The molecular formula is C12H25N3O2S. The average Bonchev–Trinajstić information content (AvgIpc) is 2.13. The fourth-order valence-electron chi connectivity index (χ4n) is 1.65. The Morgan fingerprint density at radius 3 is 2.22 bits per heavy atom. The Morgan fingerprint density at radius 2 is 1.78 bits per heavy atom. The van der Waals surface area contributed by atoms with Crippen molar-refractivity contribution in [3.05, 3.63) is 0 Å². The molecule has 0 fully saturated rings. The maximum atomic E-state index is 11.1. The summed E-state index contributed by atoms with van der Waals surface area (Å²) in [5.74, 6) is 0. The van der Waals surface area contributed by atoms with E-state index in [4.69, 9.17) is 5.26 Å².